The highest BCUT2D eigenvalue weighted by Crippen LogP contribution is 2.35. The van der Waals surface area contributed by atoms with Crippen LogP contribution in [0.15, 0.2) is 54.7 Å². The summed E-state index contributed by atoms with van der Waals surface area (Å²) in [5.41, 5.74) is 8.42. The summed E-state index contributed by atoms with van der Waals surface area (Å²) in [6, 6.07) is 11.2. The standard InChI is InChI=1S/C26H25F3N4O6/c1-12-32-20-19(30)17(10-31-24(20)33(12)15-6-4-14(5-7-15)26(27,28)29)13-2-8-16(9-3-13)38-25-23(37)22(36)21(35)18(11-34)39-25/h2-10,18,21-23,25,34-37H,11H2,1H3,(H2,30,31). The molecule has 0 amide bonds. The highest BCUT2D eigenvalue weighted by Gasteiger charge is 2.44. The Bertz CT molecular complexity index is 1470. The van der Waals surface area contributed by atoms with Crippen molar-refractivity contribution < 1.29 is 43.1 Å². The summed E-state index contributed by atoms with van der Waals surface area (Å²) in [6.07, 6.45) is -9.95. The molecule has 2 aromatic carbocycles. The molecule has 0 bridgehead atoms. The second kappa shape index (κ2) is 10.1. The van der Waals surface area contributed by atoms with E-state index in [0.717, 1.165) is 12.1 Å². The Morgan fingerprint density at radius 1 is 1.00 bits per heavy atom. The normalized spacial score (nSPS) is 23.7. The maximum atomic E-state index is 13.0. The topological polar surface area (TPSA) is 156 Å². The van der Waals surface area contributed by atoms with E-state index in [1.807, 2.05) is 0 Å². The minimum absolute atomic E-state index is 0.276. The minimum atomic E-state index is -4.45. The average molecular weight is 547 g/mol. The molecule has 13 heteroatoms. The molecule has 6 N–H and O–H groups in total. The molecule has 3 heterocycles. The zero-order chi connectivity index (χ0) is 28.1. The van der Waals surface area contributed by atoms with Gasteiger partial charge in [-0.25, -0.2) is 9.97 Å². The highest BCUT2D eigenvalue weighted by molar-refractivity contribution is 5.95. The molecule has 10 nitrogen and oxygen atoms in total. The van der Waals surface area contributed by atoms with Crippen LogP contribution < -0.4 is 10.5 Å². The van der Waals surface area contributed by atoms with Gasteiger partial charge < -0.3 is 35.6 Å². The predicted molar refractivity (Wildman–Crippen MR) is 133 cm³/mol. The van der Waals surface area contributed by atoms with E-state index >= 15 is 0 Å². The maximum Gasteiger partial charge on any atom is 0.416 e. The number of fused-ring (bicyclic) bond motifs is 1. The van der Waals surface area contributed by atoms with Crippen molar-refractivity contribution in [2.45, 2.75) is 43.8 Å². The third-order valence-corrected chi connectivity index (χ3v) is 6.60. The fourth-order valence-electron chi connectivity index (χ4n) is 4.49. The summed E-state index contributed by atoms with van der Waals surface area (Å²) in [6.45, 7) is 1.12. The number of aryl methyl sites for hydroxylation is 1. The van der Waals surface area contributed by atoms with Gasteiger partial charge in [-0.3, -0.25) is 4.57 Å². The third kappa shape index (κ3) is 4.90. The Morgan fingerprint density at radius 3 is 2.28 bits per heavy atom. The van der Waals surface area contributed by atoms with Crippen LogP contribution in [0, 0.1) is 6.92 Å². The van der Waals surface area contributed by atoms with E-state index < -0.39 is 49.1 Å². The number of pyridine rings is 1. The molecule has 5 atom stereocenters. The zero-order valence-corrected chi connectivity index (χ0v) is 20.4. The number of aliphatic hydroxyl groups excluding tert-OH is 4. The first-order chi connectivity index (χ1) is 18.5. The monoisotopic (exact) mass is 546 g/mol. The quantitative estimate of drug-likeness (QED) is 0.253. The van der Waals surface area contributed by atoms with E-state index in [1.165, 1.54) is 18.3 Å². The fourth-order valence-corrected chi connectivity index (χ4v) is 4.49. The Hall–Kier alpha value is -3.75. The highest BCUT2D eigenvalue weighted by atomic mass is 19.4. The van der Waals surface area contributed by atoms with E-state index in [2.05, 4.69) is 9.97 Å². The summed E-state index contributed by atoms with van der Waals surface area (Å²) >= 11 is 0. The van der Waals surface area contributed by atoms with Gasteiger partial charge in [0.15, 0.2) is 5.65 Å². The van der Waals surface area contributed by atoms with Gasteiger partial charge >= 0.3 is 6.18 Å². The first-order valence-corrected chi connectivity index (χ1v) is 11.9. The molecule has 0 radical (unpaired) electrons. The third-order valence-electron chi connectivity index (χ3n) is 6.60. The molecule has 39 heavy (non-hydrogen) atoms. The number of anilines is 1. The second-order valence-corrected chi connectivity index (χ2v) is 9.14. The Labute approximate surface area is 219 Å². The average Bonchev–Trinajstić information content (AvgIpc) is 3.26. The van der Waals surface area contributed by atoms with Crippen LogP contribution in [-0.2, 0) is 10.9 Å². The van der Waals surface area contributed by atoms with Gasteiger partial charge in [0.1, 0.15) is 41.5 Å². The SMILES string of the molecule is Cc1nc2c(N)c(-c3ccc(OC4OC(CO)C(O)C(O)C4O)cc3)cnc2n1-c1ccc(C(F)(F)F)cc1. The molecule has 4 aromatic rings. The van der Waals surface area contributed by atoms with Crippen molar-refractivity contribution in [1.82, 2.24) is 14.5 Å². The summed E-state index contributed by atoms with van der Waals surface area (Å²) in [7, 11) is 0. The Morgan fingerprint density at radius 2 is 1.67 bits per heavy atom. The number of hydrogen-bond acceptors (Lipinski definition) is 9. The first kappa shape index (κ1) is 26.8. The number of imidazole rings is 1. The first-order valence-electron chi connectivity index (χ1n) is 11.9. The molecule has 0 saturated carbocycles. The van der Waals surface area contributed by atoms with Gasteiger partial charge in [-0.05, 0) is 48.9 Å². The number of hydrogen-bond donors (Lipinski definition) is 5. The molecule has 1 saturated heterocycles. The summed E-state index contributed by atoms with van der Waals surface area (Å²) in [5.74, 6) is 0.766. The number of nitrogen functional groups attached to an aromatic ring is 1. The van der Waals surface area contributed by atoms with Crippen LogP contribution in [0.3, 0.4) is 0 Å². The Balaban J connectivity index is 1.40. The molecule has 1 aliphatic rings. The number of ether oxygens (including phenoxy) is 2. The molecule has 2 aromatic heterocycles. The van der Waals surface area contributed by atoms with Gasteiger partial charge in [0, 0.05) is 17.4 Å². The van der Waals surface area contributed by atoms with Crippen molar-refractivity contribution in [2.75, 3.05) is 12.3 Å². The van der Waals surface area contributed by atoms with E-state index in [-0.39, 0.29) is 5.75 Å². The molecular formula is C26H25F3N4O6. The van der Waals surface area contributed by atoms with Crippen molar-refractivity contribution in [3.05, 3.63) is 66.1 Å². The molecule has 206 valence electrons. The van der Waals surface area contributed by atoms with Crippen LogP contribution in [0.4, 0.5) is 18.9 Å². The number of aromatic nitrogens is 3. The zero-order valence-electron chi connectivity index (χ0n) is 20.4. The van der Waals surface area contributed by atoms with Gasteiger partial charge in [0.05, 0.1) is 17.9 Å². The molecule has 1 aliphatic heterocycles. The molecular weight excluding hydrogens is 521 g/mol. The number of aliphatic hydroxyl groups is 4. The van der Waals surface area contributed by atoms with Crippen LogP contribution in [0.25, 0.3) is 28.0 Å². The predicted octanol–water partition coefficient (Wildman–Crippen LogP) is 2.18. The fraction of sp³-hybridized carbons (Fsp3) is 0.308. The smallest absolute Gasteiger partial charge is 0.416 e. The number of alkyl halides is 3. The molecule has 5 unspecified atom stereocenters. The van der Waals surface area contributed by atoms with Crippen molar-refractivity contribution in [1.29, 1.82) is 0 Å². The lowest BCUT2D eigenvalue weighted by atomic mass is 9.99. The summed E-state index contributed by atoms with van der Waals surface area (Å²) in [4.78, 5) is 8.98. The number of rotatable bonds is 5. The van der Waals surface area contributed by atoms with E-state index in [1.54, 1.807) is 35.8 Å². The van der Waals surface area contributed by atoms with Crippen LogP contribution in [0.5, 0.6) is 5.75 Å². The number of nitrogens with two attached hydrogens (primary N) is 1. The van der Waals surface area contributed by atoms with Gasteiger partial charge in [0.2, 0.25) is 6.29 Å². The number of nitrogens with zero attached hydrogens (tertiary/aromatic N) is 3. The molecule has 1 fully saturated rings. The van der Waals surface area contributed by atoms with E-state index in [0.29, 0.717) is 39.5 Å². The number of benzene rings is 2. The molecule has 0 aliphatic carbocycles. The van der Waals surface area contributed by atoms with Crippen molar-refractivity contribution in [2.24, 2.45) is 0 Å². The molecule has 0 spiro atoms. The van der Waals surface area contributed by atoms with Crippen molar-refractivity contribution >= 4 is 16.9 Å². The van der Waals surface area contributed by atoms with Crippen LogP contribution >= 0.6 is 0 Å². The van der Waals surface area contributed by atoms with Crippen LogP contribution in [-0.4, -0.2) is 72.3 Å². The lowest BCUT2D eigenvalue weighted by Crippen LogP contribution is -2.60. The minimum Gasteiger partial charge on any atom is -0.462 e. The van der Waals surface area contributed by atoms with Crippen LogP contribution in [0.1, 0.15) is 11.4 Å². The van der Waals surface area contributed by atoms with E-state index in [9.17, 15) is 33.6 Å². The second-order valence-electron chi connectivity index (χ2n) is 9.14. The van der Waals surface area contributed by atoms with Gasteiger partial charge in [-0.15, -0.1) is 0 Å². The van der Waals surface area contributed by atoms with Crippen LogP contribution in [0.2, 0.25) is 0 Å². The van der Waals surface area contributed by atoms with Crippen molar-refractivity contribution in [3.63, 3.8) is 0 Å². The molecule has 5 rings (SSSR count). The maximum absolute atomic E-state index is 13.0. The van der Waals surface area contributed by atoms with Gasteiger partial charge in [-0.1, -0.05) is 12.1 Å². The van der Waals surface area contributed by atoms with Gasteiger partial charge in [-0.2, -0.15) is 13.2 Å². The Kier molecular flexibility index (Phi) is 6.95. The largest absolute Gasteiger partial charge is 0.462 e. The lowest BCUT2D eigenvalue weighted by molar-refractivity contribution is -0.277. The lowest BCUT2D eigenvalue weighted by Gasteiger charge is -2.39. The summed E-state index contributed by atoms with van der Waals surface area (Å²) in [5, 5.41) is 39.4. The summed E-state index contributed by atoms with van der Waals surface area (Å²) < 4.78 is 51.5. The number of halogens is 3. The van der Waals surface area contributed by atoms with Gasteiger partial charge in [0.25, 0.3) is 0 Å². The van der Waals surface area contributed by atoms with Crippen molar-refractivity contribution in [3.8, 4) is 22.6 Å². The van der Waals surface area contributed by atoms with E-state index in [4.69, 9.17) is 15.2 Å².